The van der Waals surface area contributed by atoms with Gasteiger partial charge in [0.05, 0.1) is 0 Å². The van der Waals surface area contributed by atoms with E-state index in [0.717, 1.165) is 12.0 Å². The summed E-state index contributed by atoms with van der Waals surface area (Å²) < 4.78 is 0. The van der Waals surface area contributed by atoms with Gasteiger partial charge in [-0.2, -0.15) is 0 Å². The summed E-state index contributed by atoms with van der Waals surface area (Å²) in [5, 5.41) is 3.43. The fourth-order valence-electron chi connectivity index (χ4n) is 1.86. The Kier molecular flexibility index (Phi) is 4.02. The number of hydrogen-bond donors (Lipinski definition) is 1. The quantitative estimate of drug-likeness (QED) is 0.669. The van der Waals surface area contributed by atoms with E-state index in [-0.39, 0.29) is 0 Å². The third-order valence-corrected chi connectivity index (χ3v) is 2.98. The molecule has 1 aliphatic carbocycles. The molecule has 1 fully saturated rings. The highest BCUT2D eigenvalue weighted by Crippen LogP contribution is 2.30. The lowest BCUT2D eigenvalue weighted by atomic mass is 9.78. The Hall–Kier alpha value is -0.0800. The lowest BCUT2D eigenvalue weighted by Crippen LogP contribution is -2.39. The predicted molar refractivity (Wildman–Crippen MR) is 53.4 cm³/mol. The molecule has 12 heavy (non-hydrogen) atoms. The van der Waals surface area contributed by atoms with Crippen LogP contribution in [0.4, 0.5) is 0 Å². The minimum atomic E-state index is 0.765. The fourth-order valence-corrected chi connectivity index (χ4v) is 1.86. The van der Waals surface area contributed by atoms with Gasteiger partial charge < -0.3 is 10.2 Å². The molecule has 1 unspecified atom stereocenters. The molecule has 0 saturated heterocycles. The zero-order valence-corrected chi connectivity index (χ0v) is 8.64. The van der Waals surface area contributed by atoms with Crippen molar-refractivity contribution in [2.45, 2.75) is 31.7 Å². The molecule has 1 aliphatic rings. The summed E-state index contributed by atoms with van der Waals surface area (Å²) in [6.45, 7) is 1.21. The third-order valence-electron chi connectivity index (χ3n) is 2.98. The van der Waals surface area contributed by atoms with Crippen molar-refractivity contribution in [3.05, 3.63) is 0 Å². The lowest BCUT2D eigenvalue weighted by molar-refractivity contribution is 0.214. The second-order valence-corrected chi connectivity index (χ2v) is 4.18. The summed E-state index contributed by atoms with van der Waals surface area (Å²) in [6.07, 6.45) is 5.64. The average molecular weight is 170 g/mol. The summed E-state index contributed by atoms with van der Waals surface area (Å²) in [4.78, 5) is 2.27. The zero-order chi connectivity index (χ0) is 8.97. The van der Waals surface area contributed by atoms with Crippen molar-refractivity contribution in [1.82, 2.24) is 10.2 Å². The van der Waals surface area contributed by atoms with Gasteiger partial charge in [0.2, 0.25) is 0 Å². The monoisotopic (exact) mass is 170 g/mol. The van der Waals surface area contributed by atoms with Crippen molar-refractivity contribution in [1.29, 1.82) is 0 Å². The molecule has 2 nitrogen and oxygen atoms in total. The first-order valence-corrected chi connectivity index (χ1v) is 5.06. The highest BCUT2D eigenvalue weighted by atomic mass is 15.1. The molecule has 0 aromatic heterocycles. The van der Waals surface area contributed by atoms with E-state index in [9.17, 15) is 0 Å². The molecule has 0 aliphatic heterocycles. The maximum Gasteiger partial charge on any atom is 0.0104 e. The fraction of sp³-hybridized carbons (Fsp3) is 1.00. The van der Waals surface area contributed by atoms with Crippen LogP contribution in [0.25, 0.3) is 0 Å². The predicted octanol–water partition coefficient (Wildman–Crippen LogP) is 1.33. The Morgan fingerprint density at radius 3 is 2.42 bits per heavy atom. The summed E-state index contributed by atoms with van der Waals surface area (Å²) in [6, 6.07) is 0.765. The van der Waals surface area contributed by atoms with Crippen LogP contribution in [-0.2, 0) is 0 Å². The summed E-state index contributed by atoms with van der Waals surface area (Å²) >= 11 is 0. The Bertz CT molecular complexity index is 119. The zero-order valence-electron chi connectivity index (χ0n) is 8.64. The van der Waals surface area contributed by atoms with Gasteiger partial charge in [0.15, 0.2) is 0 Å². The van der Waals surface area contributed by atoms with Crippen LogP contribution in [0.3, 0.4) is 0 Å². The molecule has 2 heteroatoms. The molecule has 1 N–H and O–H groups in total. The Balaban J connectivity index is 2.15. The summed E-state index contributed by atoms with van der Waals surface area (Å²) in [7, 11) is 6.39. The van der Waals surface area contributed by atoms with Gasteiger partial charge in [0, 0.05) is 6.04 Å². The van der Waals surface area contributed by atoms with Crippen molar-refractivity contribution in [2.75, 3.05) is 27.7 Å². The van der Waals surface area contributed by atoms with Crippen LogP contribution in [0.15, 0.2) is 0 Å². The normalized spacial score (nSPS) is 21.0. The SMILES string of the molecule is CNC(CCN(C)C)C1CCC1. The van der Waals surface area contributed by atoms with Crippen LogP contribution in [-0.4, -0.2) is 38.6 Å². The largest absolute Gasteiger partial charge is 0.317 e. The Morgan fingerprint density at radius 1 is 1.42 bits per heavy atom. The van der Waals surface area contributed by atoms with E-state index in [1.54, 1.807) is 0 Å². The van der Waals surface area contributed by atoms with E-state index in [4.69, 9.17) is 0 Å². The van der Waals surface area contributed by atoms with Gasteiger partial charge in [-0.05, 0) is 52.9 Å². The first kappa shape index (κ1) is 10.0. The number of nitrogens with zero attached hydrogens (tertiary/aromatic N) is 1. The van der Waals surface area contributed by atoms with Crippen LogP contribution in [0.1, 0.15) is 25.7 Å². The second kappa shape index (κ2) is 4.83. The first-order valence-electron chi connectivity index (χ1n) is 5.06. The molecule has 1 rings (SSSR count). The van der Waals surface area contributed by atoms with E-state index >= 15 is 0 Å². The topological polar surface area (TPSA) is 15.3 Å². The molecule has 1 atom stereocenters. The van der Waals surface area contributed by atoms with Crippen LogP contribution in [0, 0.1) is 5.92 Å². The van der Waals surface area contributed by atoms with E-state index in [0.29, 0.717) is 0 Å². The van der Waals surface area contributed by atoms with Gasteiger partial charge >= 0.3 is 0 Å². The lowest BCUT2D eigenvalue weighted by Gasteiger charge is -2.34. The van der Waals surface area contributed by atoms with Crippen LogP contribution >= 0.6 is 0 Å². The third kappa shape index (κ3) is 2.76. The van der Waals surface area contributed by atoms with Gasteiger partial charge in [0.1, 0.15) is 0 Å². The molecule has 0 amide bonds. The van der Waals surface area contributed by atoms with E-state index in [1.807, 2.05) is 0 Å². The van der Waals surface area contributed by atoms with Crippen molar-refractivity contribution < 1.29 is 0 Å². The maximum atomic E-state index is 3.43. The highest BCUT2D eigenvalue weighted by molar-refractivity contribution is 4.82. The Labute approximate surface area is 76.3 Å². The number of nitrogens with one attached hydrogen (secondary N) is 1. The smallest absolute Gasteiger partial charge is 0.0104 e. The van der Waals surface area contributed by atoms with E-state index < -0.39 is 0 Å². The molecular weight excluding hydrogens is 148 g/mol. The van der Waals surface area contributed by atoms with Crippen LogP contribution < -0.4 is 5.32 Å². The van der Waals surface area contributed by atoms with Gasteiger partial charge in [-0.25, -0.2) is 0 Å². The molecule has 0 aromatic rings. The molecule has 0 radical (unpaired) electrons. The molecule has 0 bridgehead atoms. The average Bonchev–Trinajstić information content (AvgIpc) is 1.93. The van der Waals surface area contributed by atoms with E-state index in [2.05, 4.69) is 31.4 Å². The standard InChI is InChI=1S/C10H22N2/c1-11-10(7-8-12(2)3)9-5-4-6-9/h9-11H,4-8H2,1-3H3. The molecule has 0 spiro atoms. The minimum Gasteiger partial charge on any atom is -0.317 e. The highest BCUT2D eigenvalue weighted by Gasteiger charge is 2.25. The van der Waals surface area contributed by atoms with Crippen molar-refractivity contribution in [2.24, 2.45) is 5.92 Å². The van der Waals surface area contributed by atoms with Crippen molar-refractivity contribution >= 4 is 0 Å². The second-order valence-electron chi connectivity index (χ2n) is 4.18. The first-order chi connectivity index (χ1) is 5.74. The molecule has 1 saturated carbocycles. The summed E-state index contributed by atoms with van der Waals surface area (Å²) in [5.74, 6) is 0.968. The molecular formula is C10H22N2. The van der Waals surface area contributed by atoms with Gasteiger partial charge in [-0.15, -0.1) is 0 Å². The van der Waals surface area contributed by atoms with Crippen molar-refractivity contribution in [3.8, 4) is 0 Å². The van der Waals surface area contributed by atoms with Crippen molar-refractivity contribution in [3.63, 3.8) is 0 Å². The van der Waals surface area contributed by atoms with Gasteiger partial charge in [-0.3, -0.25) is 0 Å². The molecule has 0 heterocycles. The number of rotatable bonds is 5. The molecule has 0 aromatic carbocycles. The van der Waals surface area contributed by atoms with Gasteiger partial charge in [0.25, 0.3) is 0 Å². The minimum absolute atomic E-state index is 0.765. The van der Waals surface area contributed by atoms with Gasteiger partial charge in [-0.1, -0.05) is 6.42 Å². The van der Waals surface area contributed by atoms with Crippen LogP contribution in [0.2, 0.25) is 0 Å². The molecule has 72 valence electrons. The van der Waals surface area contributed by atoms with E-state index in [1.165, 1.54) is 32.2 Å². The Morgan fingerprint density at radius 2 is 2.08 bits per heavy atom. The summed E-state index contributed by atoms with van der Waals surface area (Å²) in [5.41, 5.74) is 0. The number of hydrogen-bond acceptors (Lipinski definition) is 2. The van der Waals surface area contributed by atoms with Crippen LogP contribution in [0.5, 0.6) is 0 Å². The maximum absolute atomic E-state index is 3.43.